The molecule has 2 heterocycles. The van der Waals surface area contributed by atoms with Gasteiger partial charge in [-0.15, -0.1) is 12.4 Å². The lowest BCUT2D eigenvalue weighted by Gasteiger charge is -2.33. The molecule has 0 aromatic carbocycles. The molecule has 1 saturated carbocycles. The van der Waals surface area contributed by atoms with Crippen molar-refractivity contribution in [3.05, 3.63) is 16.4 Å². The van der Waals surface area contributed by atoms with Crippen LogP contribution >= 0.6 is 12.4 Å². The number of hydrogen-bond donors (Lipinski definition) is 2. The number of aromatic nitrogens is 2. The van der Waals surface area contributed by atoms with Crippen LogP contribution in [-0.4, -0.2) is 36.1 Å². The van der Waals surface area contributed by atoms with Crippen LogP contribution in [-0.2, 0) is 9.53 Å². The predicted molar refractivity (Wildman–Crippen MR) is 80.5 cm³/mol. The molecule has 2 aliphatic rings. The van der Waals surface area contributed by atoms with Gasteiger partial charge in [-0.1, -0.05) is 0 Å². The summed E-state index contributed by atoms with van der Waals surface area (Å²) in [6.07, 6.45) is 2.75. The summed E-state index contributed by atoms with van der Waals surface area (Å²) >= 11 is 0. The Kier molecular flexibility index (Phi) is 4.13. The van der Waals surface area contributed by atoms with Crippen molar-refractivity contribution < 1.29 is 9.53 Å². The van der Waals surface area contributed by atoms with E-state index in [4.69, 9.17) is 10.5 Å². The van der Waals surface area contributed by atoms with Crippen molar-refractivity contribution in [2.45, 2.75) is 19.3 Å². The van der Waals surface area contributed by atoms with Gasteiger partial charge in [0.25, 0.3) is 5.56 Å². The van der Waals surface area contributed by atoms with Crippen LogP contribution < -0.4 is 16.2 Å². The van der Waals surface area contributed by atoms with Crippen LogP contribution in [0.15, 0.2) is 10.9 Å². The molecule has 0 radical (unpaired) electrons. The Morgan fingerprint density at radius 1 is 1.52 bits per heavy atom. The van der Waals surface area contributed by atoms with E-state index in [1.54, 1.807) is 0 Å². The van der Waals surface area contributed by atoms with E-state index in [0.717, 1.165) is 32.4 Å². The number of esters is 1. The van der Waals surface area contributed by atoms with Crippen molar-refractivity contribution in [3.63, 3.8) is 0 Å². The molecule has 8 heteroatoms. The highest BCUT2D eigenvalue weighted by Crippen LogP contribution is 2.59. The van der Waals surface area contributed by atoms with Gasteiger partial charge >= 0.3 is 5.97 Å². The zero-order valence-electron chi connectivity index (χ0n) is 11.8. The minimum atomic E-state index is -0.244. The van der Waals surface area contributed by atoms with Gasteiger partial charge in [0.15, 0.2) is 0 Å². The number of ether oxygens (including phenoxy) is 1. The third kappa shape index (κ3) is 2.83. The van der Waals surface area contributed by atoms with Crippen molar-refractivity contribution in [1.82, 2.24) is 9.97 Å². The SMILES string of the molecule is COC(=O)C1CC12CCN(c1cc(=O)[nH]c(N)n1)CC2.Cl. The summed E-state index contributed by atoms with van der Waals surface area (Å²) in [4.78, 5) is 31.6. The van der Waals surface area contributed by atoms with E-state index >= 15 is 0 Å². The van der Waals surface area contributed by atoms with Crippen LogP contribution in [0.5, 0.6) is 0 Å². The molecule has 1 spiro atoms. The normalized spacial score (nSPS) is 22.5. The van der Waals surface area contributed by atoms with Gasteiger partial charge < -0.3 is 15.4 Å². The fraction of sp³-hybridized carbons (Fsp3) is 0.615. The first-order chi connectivity index (χ1) is 9.54. The number of nitrogens with one attached hydrogen (secondary N) is 1. The number of piperidine rings is 1. The Hall–Kier alpha value is -1.76. The molecule has 3 rings (SSSR count). The second kappa shape index (κ2) is 5.55. The molecule has 1 saturated heterocycles. The average molecular weight is 315 g/mol. The summed E-state index contributed by atoms with van der Waals surface area (Å²) in [6.45, 7) is 1.56. The molecule has 7 nitrogen and oxygen atoms in total. The van der Waals surface area contributed by atoms with Gasteiger partial charge in [0.2, 0.25) is 5.95 Å². The average Bonchev–Trinajstić information content (AvgIpc) is 3.11. The van der Waals surface area contributed by atoms with Crippen molar-refractivity contribution in [2.24, 2.45) is 11.3 Å². The van der Waals surface area contributed by atoms with Crippen molar-refractivity contribution in [1.29, 1.82) is 0 Å². The molecule has 2 fully saturated rings. The van der Waals surface area contributed by atoms with E-state index in [1.807, 2.05) is 4.90 Å². The number of aromatic amines is 1. The Balaban J connectivity index is 0.00000161. The first-order valence-electron chi connectivity index (χ1n) is 6.74. The summed E-state index contributed by atoms with van der Waals surface area (Å²) in [6, 6.07) is 1.46. The lowest BCUT2D eigenvalue weighted by Crippen LogP contribution is -2.37. The zero-order valence-corrected chi connectivity index (χ0v) is 12.6. The number of carbonyl (C=O) groups excluding carboxylic acids is 1. The number of nitrogens with two attached hydrogens (primary N) is 1. The topological polar surface area (TPSA) is 101 Å². The minimum Gasteiger partial charge on any atom is -0.469 e. The maximum Gasteiger partial charge on any atom is 0.309 e. The lowest BCUT2D eigenvalue weighted by molar-refractivity contribution is -0.143. The fourth-order valence-electron chi connectivity index (χ4n) is 3.18. The number of H-pyrrole nitrogens is 1. The van der Waals surface area contributed by atoms with E-state index in [1.165, 1.54) is 13.2 Å². The summed E-state index contributed by atoms with van der Waals surface area (Å²) < 4.78 is 4.82. The van der Waals surface area contributed by atoms with E-state index in [-0.39, 0.29) is 41.2 Å². The molecule has 1 aliphatic carbocycles. The summed E-state index contributed by atoms with van der Waals surface area (Å²) in [7, 11) is 1.44. The van der Waals surface area contributed by atoms with E-state index in [9.17, 15) is 9.59 Å². The van der Waals surface area contributed by atoms with Gasteiger partial charge in [0.1, 0.15) is 5.82 Å². The van der Waals surface area contributed by atoms with Crippen LogP contribution in [0.2, 0.25) is 0 Å². The molecule has 3 N–H and O–H groups in total. The van der Waals surface area contributed by atoms with Crippen molar-refractivity contribution >= 4 is 30.1 Å². The smallest absolute Gasteiger partial charge is 0.309 e. The third-order valence-corrected chi connectivity index (χ3v) is 4.51. The molecule has 0 amide bonds. The highest BCUT2D eigenvalue weighted by molar-refractivity contribution is 5.85. The first kappa shape index (κ1) is 15.6. The molecular formula is C13H19ClN4O3. The molecule has 1 aromatic heterocycles. The maximum absolute atomic E-state index is 11.6. The van der Waals surface area contributed by atoms with Gasteiger partial charge in [-0.2, -0.15) is 4.98 Å². The second-order valence-electron chi connectivity index (χ2n) is 5.62. The quantitative estimate of drug-likeness (QED) is 0.773. The molecule has 21 heavy (non-hydrogen) atoms. The minimum absolute atomic E-state index is 0. The van der Waals surface area contributed by atoms with Crippen LogP contribution in [0.3, 0.4) is 0 Å². The van der Waals surface area contributed by atoms with Gasteiger partial charge in [-0.05, 0) is 24.7 Å². The maximum atomic E-state index is 11.6. The highest BCUT2D eigenvalue weighted by atomic mass is 35.5. The van der Waals surface area contributed by atoms with Crippen molar-refractivity contribution in [3.8, 4) is 0 Å². The molecule has 1 atom stereocenters. The number of carbonyl (C=O) groups is 1. The molecule has 116 valence electrons. The Morgan fingerprint density at radius 2 is 2.19 bits per heavy atom. The van der Waals surface area contributed by atoms with Crippen LogP contribution in [0, 0.1) is 11.3 Å². The Bertz CT molecular complexity index is 595. The molecule has 1 aliphatic heterocycles. The monoisotopic (exact) mass is 314 g/mol. The van der Waals surface area contributed by atoms with E-state index < -0.39 is 0 Å². The van der Waals surface area contributed by atoms with Crippen LogP contribution in [0.4, 0.5) is 11.8 Å². The zero-order chi connectivity index (χ0) is 14.3. The Labute approximate surface area is 128 Å². The third-order valence-electron chi connectivity index (χ3n) is 4.51. The highest BCUT2D eigenvalue weighted by Gasteiger charge is 2.59. The van der Waals surface area contributed by atoms with Gasteiger partial charge in [0.05, 0.1) is 13.0 Å². The molecular weight excluding hydrogens is 296 g/mol. The first-order valence-corrected chi connectivity index (χ1v) is 6.74. The summed E-state index contributed by atoms with van der Waals surface area (Å²) in [5.74, 6) is 0.687. The van der Waals surface area contributed by atoms with Crippen molar-refractivity contribution in [2.75, 3.05) is 30.8 Å². The fourth-order valence-corrected chi connectivity index (χ4v) is 3.18. The number of rotatable bonds is 2. The standard InChI is InChI=1S/C13H18N4O3.ClH/c1-20-11(19)8-7-13(8)2-4-17(5-3-13)9-6-10(18)16-12(14)15-9;/h6,8H,2-5,7H2,1H3,(H3,14,15,16,18);1H. The van der Waals surface area contributed by atoms with E-state index in [2.05, 4.69) is 9.97 Å². The van der Waals surface area contributed by atoms with Crippen LogP contribution in [0.25, 0.3) is 0 Å². The van der Waals surface area contributed by atoms with Crippen LogP contribution in [0.1, 0.15) is 19.3 Å². The van der Waals surface area contributed by atoms with Gasteiger partial charge in [-0.3, -0.25) is 14.6 Å². The Morgan fingerprint density at radius 3 is 2.76 bits per heavy atom. The number of hydrogen-bond acceptors (Lipinski definition) is 6. The largest absolute Gasteiger partial charge is 0.469 e. The number of methoxy groups -OCH3 is 1. The molecule has 1 unspecified atom stereocenters. The van der Waals surface area contributed by atoms with E-state index in [0.29, 0.717) is 5.82 Å². The number of nitrogens with zero attached hydrogens (tertiary/aromatic N) is 2. The number of anilines is 2. The summed E-state index contributed by atoms with van der Waals surface area (Å²) in [5.41, 5.74) is 5.42. The summed E-state index contributed by atoms with van der Waals surface area (Å²) in [5, 5.41) is 0. The lowest BCUT2D eigenvalue weighted by atomic mass is 9.91. The number of halogens is 1. The molecule has 1 aromatic rings. The van der Waals surface area contributed by atoms with Gasteiger partial charge in [0, 0.05) is 19.2 Å². The predicted octanol–water partition coefficient (Wildman–Crippen LogP) is 0.553. The second-order valence-corrected chi connectivity index (χ2v) is 5.62. The number of nitrogen functional groups attached to an aromatic ring is 1. The van der Waals surface area contributed by atoms with Gasteiger partial charge in [-0.25, -0.2) is 0 Å². The molecule has 0 bridgehead atoms.